The van der Waals surface area contributed by atoms with Crippen molar-refractivity contribution in [3.05, 3.63) is 52.9 Å². The Hall–Kier alpha value is -1.78. The molecule has 0 aliphatic rings. The Morgan fingerprint density at radius 2 is 2.25 bits per heavy atom. The SMILES string of the molecule is Cc1ccc(NC(=O)C[NH2+][C@@H](C)c2ccco2)c(Cl)c1. The second-order valence-corrected chi connectivity index (χ2v) is 5.18. The first-order chi connectivity index (χ1) is 9.56. The van der Waals surface area contributed by atoms with E-state index in [0.29, 0.717) is 17.3 Å². The number of benzene rings is 1. The molecule has 0 aliphatic heterocycles. The van der Waals surface area contributed by atoms with Gasteiger partial charge in [0, 0.05) is 0 Å². The predicted octanol–water partition coefficient (Wildman–Crippen LogP) is 2.50. The van der Waals surface area contributed by atoms with Crippen LogP contribution in [0.1, 0.15) is 24.3 Å². The second-order valence-electron chi connectivity index (χ2n) is 4.78. The lowest BCUT2D eigenvalue weighted by atomic mass is 10.2. The molecule has 0 bridgehead atoms. The number of carbonyl (C=O) groups is 1. The summed E-state index contributed by atoms with van der Waals surface area (Å²) in [7, 11) is 0. The first-order valence-electron chi connectivity index (χ1n) is 6.49. The molecular formula is C15H18ClN2O2+. The van der Waals surface area contributed by atoms with Crippen LogP contribution in [0.5, 0.6) is 0 Å². The molecule has 3 N–H and O–H groups in total. The zero-order chi connectivity index (χ0) is 14.5. The van der Waals surface area contributed by atoms with Gasteiger partial charge in [-0.3, -0.25) is 4.79 Å². The molecule has 0 fully saturated rings. The van der Waals surface area contributed by atoms with Crippen LogP contribution >= 0.6 is 11.6 Å². The fourth-order valence-corrected chi connectivity index (χ4v) is 2.16. The van der Waals surface area contributed by atoms with Gasteiger partial charge in [-0.05, 0) is 43.7 Å². The Balaban J connectivity index is 1.86. The Morgan fingerprint density at radius 1 is 1.45 bits per heavy atom. The van der Waals surface area contributed by atoms with E-state index in [4.69, 9.17) is 16.0 Å². The minimum Gasteiger partial charge on any atom is -0.463 e. The van der Waals surface area contributed by atoms with Gasteiger partial charge >= 0.3 is 0 Å². The summed E-state index contributed by atoms with van der Waals surface area (Å²) in [5, 5.41) is 5.27. The molecule has 0 unspecified atom stereocenters. The number of aryl methyl sites for hydroxylation is 1. The van der Waals surface area contributed by atoms with Crippen LogP contribution < -0.4 is 10.6 Å². The molecule has 2 aromatic rings. The highest BCUT2D eigenvalue weighted by molar-refractivity contribution is 6.33. The number of quaternary nitrogens is 1. The lowest BCUT2D eigenvalue weighted by Crippen LogP contribution is -2.86. The van der Waals surface area contributed by atoms with Crippen molar-refractivity contribution in [3.8, 4) is 0 Å². The van der Waals surface area contributed by atoms with Gasteiger partial charge in [0.1, 0.15) is 6.04 Å². The normalized spacial score (nSPS) is 12.2. The van der Waals surface area contributed by atoms with Crippen LogP contribution in [0.15, 0.2) is 41.0 Å². The van der Waals surface area contributed by atoms with Gasteiger partial charge < -0.3 is 15.1 Å². The molecule has 106 valence electrons. The number of nitrogens with one attached hydrogen (secondary N) is 1. The average molecular weight is 294 g/mol. The van der Waals surface area contributed by atoms with E-state index in [1.807, 2.05) is 49.5 Å². The Bertz CT molecular complexity index is 582. The summed E-state index contributed by atoms with van der Waals surface area (Å²) in [6.07, 6.45) is 1.63. The van der Waals surface area contributed by atoms with Crippen molar-refractivity contribution < 1.29 is 14.5 Å². The van der Waals surface area contributed by atoms with Crippen LogP contribution in [0.4, 0.5) is 5.69 Å². The van der Waals surface area contributed by atoms with Crippen molar-refractivity contribution in [2.24, 2.45) is 0 Å². The molecule has 1 heterocycles. The van der Waals surface area contributed by atoms with Crippen molar-refractivity contribution in [3.63, 3.8) is 0 Å². The van der Waals surface area contributed by atoms with E-state index in [9.17, 15) is 4.79 Å². The van der Waals surface area contributed by atoms with E-state index < -0.39 is 0 Å². The summed E-state index contributed by atoms with van der Waals surface area (Å²) in [5.41, 5.74) is 1.70. The van der Waals surface area contributed by atoms with Gasteiger partial charge in [-0.25, -0.2) is 0 Å². The van der Waals surface area contributed by atoms with Crippen LogP contribution in [0.2, 0.25) is 5.02 Å². The molecule has 2 rings (SSSR count). The van der Waals surface area contributed by atoms with Crippen LogP contribution in [-0.4, -0.2) is 12.5 Å². The smallest absolute Gasteiger partial charge is 0.279 e. The monoisotopic (exact) mass is 293 g/mol. The number of furan rings is 1. The predicted molar refractivity (Wildman–Crippen MR) is 78.7 cm³/mol. The molecule has 5 heteroatoms. The summed E-state index contributed by atoms with van der Waals surface area (Å²) >= 11 is 6.08. The molecule has 1 atom stereocenters. The van der Waals surface area contributed by atoms with Gasteiger partial charge in [0.05, 0.1) is 17.0 Å². The van der Waals surface area contributed by atoms with Crippen molar-refractivity contribution in [2.45, 2.75) is 19.9 Å². The zero-order valence-corrected chi connectivity index (χ0v) is 12.3. The minimum atomic E-state index is -0.0887. The molecular weight excluding hydrogens is 276 g/mol. The maximum atomic E-state index is 11.9. The van der Waals surface area contributed by atoms with Crippen molar-refractivity contribution in [2.75, 3.05) is 11.9 Å². The van der Waals surface area contributed by atoms with Gasteiger partial charge in [0.25, 0.3) is 5.91 Å². The molecule has 1 aromatic carbocycles. The number of halogens is 1. The average Bonchev–Trinajstić information content (AvgIpc) is 2.93. The number of hydrogen-bond donors (Lipinski definition) is 2. The first-order valence-corrected chi connectivity index (χ1v) is 6.87. The standard InChI is InChI=1S/C15H17ClN2O2/c1-10-5-6-13(12(16)8-10)18-15(19)9-17-11(2)14-4-3-7-20-14/h3-8,11,17H,9H2,1-2H3,(H,18,19)/p+1/t11-/m0/s1. The van der Waals surface area contributed by atoms with Crippen molar-refractivity contribution >= 4 is 23.2 Å². The fourth-order valence-electron chi connectivity index (χ4n) is 1.87. The highest BCUT2D eigenvalue weighted by Gasteiger charge is 2.14. The number of hydrogen-bond acceptors (Lipinski definition) is 2. The summed E-state index contributed by atoms with van der Waals surface area (Å²) < 4.78 is 5.29. The Labute approximate surface area is 123 Å². The first kappa shape index (κ1) is 14.6. The third-order valence-electron chi connectivity index (χ3n) is 3.05. The summed E-state index contributed by atoms with van der Waals surface area (Å²) in [6.45, 7) is 4.26. The van der Waals surface area contributed by atoms with Gasteiger partial charge in [-0.2, -0.15) is 0 Å². The Kier molecular flexibility index (Phi) is 4.82. The van der Waals surface area contributed by atoms with E-state index in [-0.39, 0.29) is 11.9 Å². The van der Waals surface area contributed by atoms with Crippen LogP contribution in [0.3, 0.4) is 0 Å². The van der Waals surface area contributed by atoms with Crippen LogP contribution in [0, 0.1) is 6.92 Å². The van der Waals surface area contributed by atoms with Crippen molar-refractivity contribution in [1.82, 2.24) is 0 Å². The van der Waals surface area contributed by atoms with E-state index >= 15 is 0 Å². The molecule has 0 saturated heterocycles. The summed E-state index contributed by atoms with van der Waals surface area (Å²) in [5.74, 6) is 0.764. The van der Waals surface area contributed by atoms with Crippen LogP contribution in [0.25, 0.3) is 0 Å². The molecule has 1 amide bonds. The van der Waals surface area contributed by atoms with E-state index in [0.717, 1.165) is 11.3 Å². The third kappa shape index (κ3) is 3.85. The number of rotatable bonds is 5. The molecule has 0 radical (unpaired) electrons. The second kappa shape index (κ2) is 6.59. The van der Waals surface area contributed by atoms with E-state index in [1.165, 1.54) is 0 Å². The fraction of sp³-hybridized carbons (Fsp3) is 0.267. The molecule has 0 saturated carbocycles. The van der Waals surface area contributed by atoms with Gasteiger partial charge in [-0.1, -0.05) is 17.7 Å². The summed E-state index contributed by atoms with van der Waals surface area (Å²) in [6, 6.07) is 9.39. The van der Waals surface area contributed by atoms with E-state index in [2.05, 4.69) is 5.32 Å². The van der Waals surface area contributed by atoms with Crippen LogP contribution in [-0.2, 0) is 4.79 Å². The molecule has 4 nitrogen and oxygen atoms in total. The summed E-state index contributed by atoms with van der Waals surface area (Å²) in [4.78, 5) is 11.9. The Morgan fingerprint density at radius 3 is 2.90 bits per heavy atom. The number of anilines is 1. The topological polar surface area (TPSA) is 58.9 Å². The van der Waals surface area contributed by atoms with E-state index in [1.54, 1.807) is 6.26 Å². The highest BCUT2D eigenvalue weighted by Crippen LogP contribution is 2.22. The highest BCUT2D eigenvalue weighted by atomic mass is 35.5. The lowest BCUT2D eigenvalue weighted by Gasteiger charge is -2.10. The zero-order valence-electron chi connectivity index (χ0n) is 11.5. The molecule has 20 heavy (non-hydrogen) atoms. The maximum absolute atomic E-state index is 11.9. The minimum absolute atomic E-state index is 0.0887. The molecule has 0 spiro atoms. The number of carbonyl (C=O) groups excluding carboxylic acids is 1. The number of amides is 1. The maximum Gasteiger partial charge on any atom is 0.279 e. The van der Waals surface area contributed by atoms with Gasteiger partial charge in [0.2, 0.25) is 0 Å². The lowest BCUT2D eigenvalue weighted by molar-refractivity contribution is -0.684. The van der Waals surface area contributed by atoms with Gasteiger partial charge in [-0.15, -0.1) is 0 Å². The quantitative estimate of drug-likeness (QED) is 0.890. The van der Waals surface area contributed by atoms with Gasteiger partial charge in [0.15, 0.2) is 12.3 Å². The third-order valence-corrected chi connectivity index (χ3v) is 3.36. The largest absolute Gasteiger partial charge is 0.463 e. The molecule has 1 aromatic heterocycles. The molecule has 0 aliphatic carbocycles. The number of nitrogens with two attached hydrogens (primary N) is 1. The van der Waals surface area contributed by atoms with Crippen molar-refractivity contribution in [1.29, 1.82) is 0 Å².